The minimum Gasteiger partial charge on any atom is -0.342 e. The Bertz CT molecular complexity index is 399. The van der Waals surface area contributed by atoms with Gasteiger partial charge in [-0.25, -0.2) is 0 Å². The SMILES string of the molecule is CC(=O)N1CCCC(C(=O)N2CCC3CCC(C2)N3)C1. The maximum Gasteiger partial charge on any atom is 0.227 e. The Labute approximate surface area is 120 Å². The van der Waals surface area contributed by atoms with Gasteiger partial charge in [0, 0.05) is 45.2 Å². The number of carbonyl (C=O) groups is 2. The molecule has 0 spiro atoms. The van der Waals surface area contributed by atoms with E-state index in [4.69, 9.17) is 0 Å². The molecule has 3 aliphatic heterocycles. The van der Waals surface area contributed by atoms with Crippen molar-refractivity contribution >= 4 is 11.8 Å². The summed E-state index contributed by atoms with van der Waals surface area (Å²) in [6.45, 7) is 4.76. The van der Waals surface area contributed by atoms with Crippen LogP contribution in [0.1, 0.15) is 39.0 Å². The van der Waals surface area contributed by atoms with Crippen LogP contribution in [0.4, 0.5) is 0 Å². The number of amides is 2. The van der Waals surface area contributed by atoms with Crippen molar-refractivity contribution in [2.45, 2.75) is 51.1 Å². The first-order valence-corrected chi connectivity index (χ1v) is 7.94. The van der Waals surface area contributed by atoms with Crippen LogP contribution in [0.15, 0.2) is 0 Å². The van der Waals surface area contributed by atoms with Gasteiger partial charge in [0.15, 0.2) is 0 Å². The van der Waals surface area contributed by atoms with E-state index < -0.39 is 0 Å². The molecule has 3 heterocycles. The van der Waals surface area contributed by atoms with Gasteiger partial charge in [0.25, 0.3) is 0 Å². The third kappa shape index (κ3) is 2.82. The molecule has 3 unspecified atom stereocenters. The summed E-state index contributed by atoms with van der Waals surface area (Å²) in [6, 6.07) is 1.09. The lowest BCUT2D eigenvalue weighted by atomic mass is 9.95. The van der Waals surface area contributed by atoms with Crippen LogP contribution in [0.5, 0.6) is 0 Å². The molecule has 0 radical (unpaired) electrons. The fourth-order valence-corrected chi connectivity index (χ4v) is 3.87. The lowest BCUT2D eigenvalue weighted by Gasteiger charge is -2.35. The molecule has 0 saturated carbocycles. The monoisotopic (exact) mass is 279 g/mol. The van der Waals surface area contributed by atoms with Gasteiger partial charge < -0.3 is 15.1 Å². The molecule has 5 nitrogen and oxygen atoms in total. The predicted octanol–water partition coefficient (Wildman–Crippen LogP) is 0.598. The van der Waals surface area contributed by atoms with Crippen LogP contribution < -0.4 is 5.32 Å². The van der Waals surface area contributed by atoms with E-state index >= 15 is 0 Å². The molecule has 3 fully saturated rings. The number of likely N-dealkylation sites (tertiary alicyclic amines) is 2. The Morgan fingerprint density at radius 2 is 1.75 bits per heavy atom. The normalized spacial score (nSPS) is 34.0. The van der Waals surface area contributed by atoms with Crippen LogP contribution in [-0.2, 0) is 9.59 Å². The second-order valence-electron chi connectivity index (χ2n) is 6.51. The van der Waals surface area contributed by atoms with E-state index in [-0.39, 0.29) is 17.7 Å². The van der Waals surface area contributed by atoms with Crippen molar-refractivity contribution < 1.29 is 9.59 Å². The minimum absolute atomic E-state index is 0.0178. The molecule has 3 atom stereocenters. The molecule has 0 aliphatic carbocycles. The van der Waals surface area contributed by atoms with Gasteiger partial charge in [-0.1, -0.05) is 0 Å². The number of fused-ring (bicyclic) bond motifs is 2. The smallest absolute Gasteiger partial charge is 0.227 e. The topological polar surface area (TPSA) is 52.7 Å². The van der Waals surface area contributed by atoms with Crippen LogP contribution in [-0.4, -0.2) is 59.9 Å². The van der Waals surface area contributed by atoms with E-state index in [2.05, 4.69) is 5.32 Å². The average Bonchev–Trinajstić information content (AvgIpc) is 2.78. The Morgan fingerprint density at radius 3 is 2.55 bits per heavy atom. The van der Waals surface area contributed by atoms with Gasteiger partial charge in [0.1, 0.15) is 0 Å². The zero-order valence-corrected chi connectivity index (χ0v) is 12.3. The van der Waals surface area contributed by atoms with Crippen LogP contribution >= 0.6 is 0 Å². The first kappa shape index (κ1) is 13.9. The fraction of sp³-hybridized carbons (Fsp3) is 0.867. The number of nitrogens with one attached hydrogen (secondary N) is 1. The molecular weight excluding hydrogens is 254 g/mol. The van der Waals surface area contributed by atoms with Crippen molar-refractivity contribution in [3.8, 4) is 0 Å². The molecular formula is C15H25N3O2. The summed E-state index contributed by atoms with van der Waals surface area (Å²) in [4.78, 5) is 28.1. The van der Waals surface area contributed by atoms with Gasteiger partial charge in [-0.2, -0.15) is 0 Å². The molecule has 3 saturated heterocycles. The zero-order valence-electron chi connectivity index (χ0n) is 12.3. The van der Waals surface area contributed by atoms with Gasteiger partial charge in [-0.05, 0) is 32.1 Å². The van der Waals surface area contributed by atoms with Crippen LogP contribution in [0, 0.1) is 5.92 Å². The summed E-state index contributed by atoms with van der Waals surface area (Å²) in [5.41, 5.74) is 0. The standard InChI is InChI=1S/C15H25N3O2/c1-11(19)17-7-2-3-12(9-17)15(20)18-8-6-13-4-5-14(10-18)16-13/h12-14,16H,2-10H2,1H3. The van der Waals surface area contributed by atoms with Crippen molar-refractivity contribution in [3.63, 3.8) is 0 Å². The molecule has 112 valence electrons. The second kappa shape index (κ2) is 5.72. The number of piperidine rings is 1. The highest BCUT2D eigenvalue weighted by Crippen LogP contribution is 2.24. The van der Waals surface area contributed by atoms with Crippen LogP contribution in [0.3, 0.4) is 0 Å². The summed E-state index contributed by atoms with van der Waals surface area (Å²) in [5.74, 6) is 0.383. The number of nitrogens with zero attached hydrogens (tertiary/aromatic N) is 2. The van der Waals surface area contributed by atoms with E-state index in [1.54, 1.807) is 6.92 Å². The van der Waals surface area contributed by atoms with E-state index in [9.17, 15) is 9.59 Å². The first-order valence-electron chi connectivity index (χ1n) is 7.94. The molecule has 0 aromatic rings. The molecule has 20 heavy (non-hydrogen) atoms. The van der Waals surface area contributed by atoms with Crippen molar-refractivity contribution in [3.05, 3.63) is 0 Å². The molecule has 2 bridgehead atoms. The average molecular weight is 279 g/mol. The molecule has 1 N–H and O–H groups in total. The molecule has 5 heteroatoms. The molecule has 3 aliphatic rings. The minimum atomic E-state index is 0.0178. The summed E-state index contributed by atoms with van der Waals surface area (Å²) >= 11 is 0. The number of hydrogen-bond donors (Lipinski definition) is 1. The Hall–Kier alpha value is -1.10. The second-order valence-corrected chi connectivity index (χ2v) is 6.51. The van der Waals surface area contributed by atoms with Crippen LogP contribution in [0.2, 0.25) is 0 Å². The Morgan fingerprint density at radius 1 is 0.950 bits per heavy atom. The molecule has 3 rings (SSSR count). The highest BCUT2D eigenvalue weighted by Gasteiger charge is 2.35. The Kier molecular flexibility index (Phi) is 3.96. The van der Waals surface area contributed by atoms with Gasteiger partial charge in [-0.15, -0.1) is 0 Å². The summed E-state index contributed by atoms with van der Waals surface area (Å²) in [7, 11) is 0. The largest absolute Gasteiger partial charge is 0.342 e. The maximum absolute atomic E-state index is 12.7. The number of hydrogen-bond acceptors (Lipinski definition) is 3. The third-order valence-corrected chi connectivity index (χ3v) is 5.05. The van der Waals surface area contributed by atoms with Crippen molar-refractivity contribution in [2.24, 2.45) is 5.92 Å². The predicted molar refractivity (Wildman–Crippen MR) is 76.1 cm³/mol. The lowest BCUT2D eigenvalue weighted by molar-refractivity contribution is -0.140. The summed E-state index contributed by atoms with van der Waals surface area (Å²) in [5, 5.41) is 3.61. The maximum atomic E-state index is 12.7. The van der Waals surface area contributed by atoms with Crippen molar-refractivity contribution in [2.75, 3.05) is 26.2 Å². The zero-order chi connectivity index (χ0) is 14.1. The number of rotatable bonds is 1. The van der Waals surface area contributed by atoms with Crippen molar-refractivity contribution in [1.82, 2.24) is 15.1 Å². The van der Waals surface area contributed by atoms with Gasteiger partial charge in [0.2, 0.25) is 11.8 Å². The van der Waals surface area contributed by atoms with Gasteiger partial charge in [0.05, 0.1) is 5.92 Å². The van der Waals surface area contributed by atoms with Gasteiger partial charge >= 0.3 is 0 Å². The molecule has 0 aromatic heterocycles. The van der Waals surface area contributed by atoms with Crippen LogP contribution in [0.25, 0.3) is 0 Å². The quantitative estimate of drug-likeness (QED) is 0.764. The van der Waals surface area contributed by atoms with E-state index in [1.807, 2.05) is 9.80 Å². The highest BCUT2D eigenvalue weighted by atomic mass is 16.2. The van der Waals surface area contributed by atoms with E-state index in [1.165, 1.54) is 12.8 Å². The number of carbonyl (C=O) groups excluding carboxylic acids is 2. The van der Waals surface area contributed by atoms with Gasteiger partial charge in [-0.3, -0.25) is 9.59 Å². The van der Waals surface area contributed by atoms with E-state index in [0.29, 0.717) is 18.6 Å². The highest BCUT2D eigenvalue weighted by molar-refractivity contribution is 5.81. The molecule has 2 amide bonds. The first-order chi connectivity index (χ1) is 9.63. The Balaban J connectivity index is 1.61. The van der Waals surface area contributed by atoms with Crippen molar-refractivity contribution in [1.29, 1.82) is 0 Å². The van der Waals surface area contributed by atoms with E-state index in [0.717, 1.165) is 38.9 Å². The lowest BCUT2D eigenvalue weighted by Crippen LogP contribution is -2.48. The third-order valence-electron chi connectivity index (χ3n) is 5.05. The summed E-state index contributed by atoms with van der Waals surface area (Å²) < 4.78 is 0. The summed E-state index contributed by atoms with van der Waals surface area (Å²) in [6.07, 6.45) is 5.41. The molecule has 0 aromatic carbocycles. The fourth-order valence-electron chi connectivity index (χ4n) is 3.87.